The first-order valence-electron chi connectivity index (χ1n) is 6.32. The van der Waals surface area contributed by atoms with Crippen LogP contribution in [0.15, 0.2) is 24.3 Å². The van der Waals surface area contributed by atoms with Crippen molar-refractivity contribution >= 4 is 5.91 Å². The third-order valence-electron chi connectivity index (χ3n) is 3.27. The molecule has 18 heavy (non-hydrogen) atoms. The Kier molecular flexibility index (Phi) is 3.68. The van der Waals surface area contributed by atoms with Crippen LogP contribution in [0.25, 0.3) is 0 Å². The minimum absolute atomic E-state index is 0.152. The Balaban J connectivity index is 2.05. The summed E-state index contributed by atoms with van der Waals surface area (Å²) in [5.74, 6) is -0.363. The summed E-state index contributed by atoms with van der Waals surface area (Å²) in [7, 11) is 0. The largest absolute Gasteiger partial charge is 0.366 e. The van der Waals surface area contributed by atoms with Gasteiger partial charge in [-0.2, -0.15) is 0 Å². The highest BCUT2D eigenvalue weighted by Gasteiger charge is 2.25. The van der Waals surface area contributed by atoms with Crippen molar-refractivity contribution < 1.29 is 4.79 Å². The van der Waals surface area contributed by atoms with Gasteiger partial charge in [0.1, 0.15) is 0 Å². The van der Waals surface area contributed by atoms with Gasteiger partial charge in [-0.25, -0.2) is 0 Å². The van der Waals surface area contributed by atoms with E-state index in [0.29, 0.717) is 5.56 Å². The molecule has 98 valence electrons. The van der Waals surface area contributed by atoms with Gasteiger partial charge < -0.3 is 11.1 Å². The fourth-order valence-electron chi connectivity index (χ4n) is 2.46. The lowest BCUT2D eigenvalue weighted by molar-refractivity contribution is 0.1000. The van der Waals surface area contributed by atoms with Crippen molar-refractivity contribution in [2.24, 2.45) is 5.73 Å². The molecular weight excluding hydrogens is 226 g/mol. The van der Waals surface area contributed by atoms with Crippen LogP contribution in [0.1, 0.15) is 29.8 Å². The summed E-state index contributed by atoms with van der Waals surface area (Å²) in [6.07, 6.45) is 0. The Morgan fingerprint density at radius 1 is 1.50 bits per heavy atom. The van der Waals surface area contributed by atoms with E-state index in [1.54, 1.807) is 6.07 Å². The molecule has 4 heteroatoms. The number of nitrogens with zero attached hydrogens (tertiary/aromatic N) is 1. The molecule has 1 saturated heterocycles. The number of nitrogens with one attached hydrogen (secondary N) is 1. The van der Waals surface area contributed by atoms with Crippen LogP contribution in [0.3, 0.4) is 0 Å². The molecule has 4 nitrogen and oxygen atoms in total. The van der Waals surface area contributed by atoms with Crippen molar-refractivity contribution in [2.75, 3.05) is 19.6 Å². The van der Waals surface area contributed by atoms with Crippen LogP contribution in [0.2, 0.25) is 0 Å². The smallest absolute Gasteiger partial charge is 0.248 e. The van der Waals surface area contributed by atoms with E-state index in [1.165, 1.54) is 0 Å². The molecule has 0 radical (unpaired) electrons. The Morgan fingerprint density at radius 3 is 2.94 bits per heavy atom. The van der Waals surface area contributed by atoms with E-state index in [9.17, 15) is 4.79 Å². The molecular formula is C14H21N3O. The van der Waals surface area contributed by atoms with E-state index in [2.05, 4.69) is 24.1 Å². The fourth-order valence-corrected chi connectivity index (χ4v) is 2.46. The van der Waals surface area contributed by atoms with Gasteiger partial charge in [0.05, 0.1) is 0 Å². The number of benzene rings is 1. The molecule has 1 fully saturated rings. The lowest BCUT2D eigenvalue weighted by atomic mass is 10.0. The van der Waals surface area contributed by atoms with Crippen LogP contribution in [0, 0.1) is 0 Å². The summed E-state index contributed by atoms with van der Waals surface area (Å²) in [6.45, 7) is 8.32. The molecule has 3 N–H and O–H groups in total. The molecule has 0 spiro atoms. The van der Waals surface area contributed by atoms with Crippen LogP contribution < -0.4 is 11.1 Å². The number of amides is 1. The molecule has 1 aromatic rings. The highest BCUT2D eigenvalue weighted by molar-refractivity contribution is 5.92. The van der Waals surface area contributed by atoms with Gasteiger partial charge >= 0.3 is 0 Å². The van der Waals surface area contributed by atoms with Crippen molar-refractivity contribution in [2.45, 2.75) is 25.9 Å². The topological polar surface area (TPSA) is 58.4 Å². The zero-order valence-electron chi connectivity index (χ0n) is 11.1. The summed E-state index contributed by atoms with van der Waals surface area (Å²) in [5.41, 5.74) is 7.18. The molecule has 0 aromatic heterocycles. The average molecular weight is 247 g/mol. The highest BCUT2D eigenvalue weighted by atomic mass is 16.1. The summed E-state index contributed by atoms with van der Waals surface area (Å²) in [6, 6.07) is 7.58. The van der Waals surface area contributed by atoms with Crippen molar-refractivity contribution in [3.63, 3.8) is 0 Å². The van der Waals surface area contributed by atoms with Gasteiger partial charge in [-0.15, -0.1) is 0 Å². The maximum atomic E-state index is 11.1. The van der Waals surface area contributed by atoms with Gasteiger partial charge in [-0.3, -0.25) is 9.69 Å². The predicted octanol–water partition coefficient (Wildman–Crippen LogP) is 0.969. The quantitative estimate of drug-likeness (QED) is 0.836. The highest BCUT2D eigenvalue weighted by Crippen LogP contribution is 2.14. The SMILES string of the molecule is CC1(C)CN(Cc2cccc(C(N)=O)c2)CCN1. The average Bonchev–Trinajstić information content (AvgIpc) is 2.28. The Morgan fingerprint density at radius 2 is 2.28 bits per heavy atom. The Labute approximate surface area is 108 Å². The number of carbonyl (C=O) groups excluding carboxylic acids is 1. The number of piperazine rings is 1. The zero-order chi connectivity index (χ0) is 13.2. The molecule has 0 bridgehead atoms. The minimum atomic E-state index is -0.363. The van der Waals surface area contributed by atoms with E-state index in [4.69, 9.17) is 5.73 Å². The fraction of sp³-hybridized carbons (Fsp3) is 0.500. The monoisotopic (exact) mass is 247 g/mol. The van der Waals surface area contributed by atoms with Crippen LogP contribution in [0.5, 0.6) is 0 Å². The molecule has 1 aromatic carbocycles. The van der Waals surface area contributed by atoms with Crippen LogP contribution >= 0.6 is 0 Å². The molecule has 1 aliphatic rings. The van der Waals surface area contributed by atoms with Crippen LogP contribution in [-0.4, -0.2) is 36.0 Å². The molecule has 1 amide bonds. The van der Waals surface area contributed by atoms with Crippen molar-refractivity contribution in [1.82, 2.24) is 10.2 Å². The Bertz CT molecular complexity index is 442. The summed E-state index contributed by atoms with van der Waals surface area (Å²) < 4.78 is 0. The van der Waals surface area contributed by atoms with Crippen LogP contribution in [0.4, 0.5) is 0 Å². The number of hydrogen-bond donors (Lipinski definition) is 2. The number of hydrogen-bond acceptors (Lipinski definition) is 3. The lowest BCUT2D eigenvalue weighted by Gasteiger charge is -2.39. The second kappa shape index (κ2) is 5.08. The van der Waals surface area contributed by atoms with E-state index >= 15 is 0 Å². The number of nitrogens with two attached hydrogens (primary N) is 1. The summed E-state index contributed by atoms with van der Waals surface area (Å²) in [4.78, 5) is 13.5. The second-order valence-electron chi connectivity index (χ2n) is 5.59. The predicted molar refractivity (Wildman–Crippen MR) is 72.3 cm³/mol. The maximum absolute atomic E-state index is 11.1. The molecule has 1 heterocycles. The van der Waals surface area contributed by atoms with Crippen LogP contribution in [-0.2, 0) is 6.54 Å². The summed E-state index contributed by atoms with van der Waals surface area (Å²) >= 11 is 0. The maximum Gasteiger partial charge on any atom is 0.248 e. The van der Waals surface area contributed by atoms with E-state index in [0.717, 1.165) is 31.7 Å². The Hall–Kier alpha value is -1.39. The first kappa shape index (κ1) is 13.1. The van der Waals surface area contributed by atoms with Gasteiger partial charge in [-0.1, -0.05) is 12.1 Å². The molecule has 2 rings (SSSR count). The molecule has 0 aliphatic carbocycles. The zero-order valence-corrected chi connectivity index (χ0v) is 11.1. The van der Waals surface area contributed by atoms with E-state index in [-0.39, 0.29) is 11.4 Å². The summed E-state index contributed by atoms with van der Waals surface area (Å²) in [5, 5.41) is 3.49. The molecule has 1 aliphatic heterocycles. The minimum Gasteiger partial charge on any atom is -0.366 e. The van der Waals surface area contributed by atoms with Crippen molar-refractivity contribution in [1.29, 1.82) is 0 Å². The molecule has 0 saturated carbocycles. The van der Waals surface area contributed by atoms with Crippen molar-refractivity contribution in [3.8, 4) is 0 Å². The first-order valence-corrected chi connectivity index (χ1v) is 6.32. The first-order chi connectivity index (χ1) is 8.46. The normalized spacial score (nSPS) is 19.7. The third kappa shape index (κ3) is 3.31. The van der Waals surface area contributed by atoms with Gasteiger partial charge in [0, 0.05) is 37.3 Å². The number of primary amides is 1. The molecule has 0 unspecified atom stereocenters. The molecule has 0 atom stereocenters. The van der Waals surface area contributed by atoms with Crippen molar-refractivity contribution in [3.05, 3.63) is 35.4 Å². The van der Waals surface area contributed by atoms with Gasteiger partial charge in [0.25, 0.3) is 0 Å². The van der Waals surface area contributed by atoms with E-state index < -0.39 is 0 Å². The number of rotatable bonds is 3. The van der Waals surface area contributed by atoms with Gasteiger partial charge in [0.2, 0.25) is 5.91 Å². The lowest BCUT2D eigenvalue weighted by Crippen LogP contribution is -2.56. The second-order valence-corrected chi connectivity index (χ2v) is 5.59. The third-order valence-corrected chi connectivity index (χ3v) is 3.27. The van der Waals surface area contributed by atoms with Gasteiger partial charge in [0.15, 0.2) is 0 Å². The van der Waals surface area contributed by atoms with E-state index in [1.807, 2.05) is 18.2 Å². The standard InChI is InChI=1S/C14H21N3O/c1-14(2)10-17(7-6-16-14)9-11-4-3-5-12(8-11)13(15)18/h3-5,8,16H,6-7,9-10H2,1-2H3,(H2,15,18). The number of carbonyl (C=O) groups is 1. The van der Waals surface area contributed by atoms with Gasteiger partial charge in [-0.05, 0) is 31.5 Å².